The molecule has 7 heteroatoms. The quantitative estimate of drug-likeness (QED) is 0.581. The van der Waals surface area contributed by atoms with Crippen LogP contribution in [-0.2, 0) is 6.54 Å². The smallest absolute Gasteiger partial charge is 0.257 e. The van der Waals surface area contributed by atoms with Gasteiger partial charge in [-0.2, -0.15) is 5.10 Å². The maximum Gasteiger partial charge on any atom is 0.257 e. The summed E-state index contributed by atoms with van der Waals surface area (Å²) in [5.74, 6) is 0.845. The molecule has 158 valence electrons. The van der Waals surface area contributed by atoms with Crippen LogP contribution in [0.2, 0.25) is 0 Å². The summed E-state index contributed by atoms with van der Waals surface area (Å²) in [7, 11) is 3.17. The number of nitrogens with zero attached hydrogens (tertiary/aromatic N) is 3. The van der Waals surface area contributed by atoms with E-state index in [1.54, 1.807) is 35.9 Å². The van der Waals surface area contributed by atoms with Crippen molar-refractivity contribution in [2.75, 3.05) is 20.8 Å². The standard InChI is InChI=1S/C23H26FN3O3/c1-6-26(14-17-7-12-20(29-4)21(13-17)30-5)23(28)22-15(2)25-27(16(22)3)19-10-8-18(24)9-11-19/h7-13H,6,14H2,1-5H3. The van der Waals surface area contributed by atoms with E-state index in [-0.39, 0.29) is 11.7 Å². The molecule has 0 N–H and O–H groups in total. The molecule has 0 saturated heterocycles. The predicted octanol–water partition coefficient (Wildman–Crippen LogP) is 4.31. The molecule has 1 amide bonds. The van der Waals surface area contributed by atoms with Crippen molar-refractivity contribution in [1.82, 2.24) is 14.7 Å². The number of hydrogen-bond donors (Lipinski definition) is 0. The van der Waals surface area contributed by atoms with Gasteiger partial charge in [-0.05, 0) is 62.7 Å². The lowest BCUT2D eigenvalue weighted by Gasteiger charge is -2.22. The molecule has 2 aromatic carbocycles. The zero-order chi connectivity index (χ0) is 21.8. The Morgan fingerprint density at radius 3 is 2.33 bits per heavy atom. The Kier molecular flexibility index (Phi) is 6.40. The fourth-order valence-corrected chi connectivity index (χ4v) is 3.47. The van der Waals surface area contributed by atoms with Crippen LogP contribution < -0.4 is 9.47 Å². The van der Waals surface area contributed by atoms with Crippen LogP contribution in [0.15, 0.2) is 42.5 Å². The van der Waals surface area contributed by atoms with Crippen molar-refractivity contribution in [3.05, 3.63) is 70.8 Å². The van der Waals surface area contributed by atoms with E-state index in [1.165, 1.54) is 12.1 Å². The molecule has 3 rings (SSSR count). The predicted molar refractivity (Wildman–Crippen MR) is 113 cm³/mol. The second-order valence-corrected chi connectivity index (χ2v) is 6.94. The summed E-state index contributed by atoms with van der Waals surface area (Å²) in [6.07, 6.45) is 0. The van der Waals surface area contributed by atoms with Gasteiger partial charge in [0.15, 0.2) is 11.5 Å². The summed E-state index contributed by atoms with van der Waals surface area (Å²) in [4.78, 5) is 15.1. The van der Waals surface area contributed by atoms with Gasteiger partial charge in [-0.25, -0.2) is 9.07 Å². The molecule has 1 aromatic heterocycles. The molecule has 1 heterocycles. The number of aryl methyl sites for hydroxylation is 1. The Bertz CT molecular complexity index is 1040. The molecular weight excluding hydrogens is 385 g/mol. The Balaban J connectivity index is 1.90. The molecule has 0 fully saturated rings. The molecule has 0 unspecified atom stereocenters. The fraction of sp³-hybridized carbons (Fsp3) is 0.304. The zero-order valence-corrected chi connectivity index (χ0v) is 17.9. The van der Waals surface area contributed by atoms with Gasteiger partial charge in [0.1, 0.15) is 5.82 Å². The van der Waals surface area contributed by atoms with Gasteiger partial charge in [-0.15, -0.1) is 0 Å². The van der Waals surface area contributed by atoms with Gasteiger partial charge in [0.05, 0.1) is 36.9 Å². The molecule has 0 saturated carbocycles. The van der Waals surface area contributed by atoms with Crippen molar-refractivity contribution in [2.24, 2.45) is 0 Å². The average molecular weight is 411 g/mol. The number of methoxy groups -OCH3 is 2. The molecule has 0 spiro atoms. The Morgan fingerprint density at radius 1 is 1.07 bits per heavy atom. The summed E-state index contributed by atoms with van der Waals surface area (Å²) in [5.41, 5.74) is 3.55. The third-order valence-corrected chi connectivity index (χ3v) is 5.07. The highest BCUT2D eigenvalue weighted by Gasteiger charge is 2.24. The summed E-state index contributed by atoms with van der Waals surface area (Å²) in [6.45, 7) is 6.56. The van der Waals surface area contributed by atoms with Crippen LogP contribution in [0.25, 0.3) is 5.69 Å². The van der Waals surface area contributed by atoms with Crippen molar-refractivity contribution in [1.29, 1.82) is 0 Å². The van der Waals surface area contributed by atoms with Crippen LogP contribution in [0.5, 0.6) is 11.5 Å². The Hall–Kier alpha value is -3.35. The second-order valence-electron chi connectivity index (χ2n) is 6.94. The van der Waals surface area contributed by atoms with Crippen LogP contribution in [0.1, 0.15) is 34.2 Å². The van der Waals surface area contributed by atoms with Gasteiger partial charge in [0.25, 0.3) is 5.91 Å². The van der Waals surface area contributed by atoms with E-state index in [1.807, 2.05) is 39.0 Å². The van der Waals surface area contributed by atoms with Gasteiger partial charge in [-0.3, -0.25) is 4.79 Å². The van der Waals surface area contributed by atoms with Crippen molar-refractivity contribution in [3.8, 4) is 17.2 Å². The van der Waals surface area contributed by atoms with Gasteiger partial charge in [0, 0.05) is 13.1 Å². The molecule has 6 nitrogen and oxygen atoms in total. The minimum Gasteiger partial charge on any atom is -0.493 e. The highest BCUT2D eigenvalue weighted by molar-refractivity contribution is 5.96. The van der Waals surface area contributed by atoms with Crippen LogP contribution >= 0.6 is 0 Å². The van der Waals surface area contributed by atoms with Gasteiger partial charge < -0.3 is 14.4 Å². The van der Waals surface area contributed by atoms with E-state index in [2.05, 4.69) is 5.10 Å². The van der Waals surface area contributed by atoms with E-state index in [9.17, 15) is 9.18 Å². The summed E-state index contributed by atoms with van der Waals surface area (Å²) in [6, 6.07) is 11.7. The SMILES string of the molecule is CCN(Cc1ccc(OC)c(OC)c1)C(=O)c1c(C)nn(-c2ccc(F)cc2)c1C. The lowest BCUT2D eigenvalue weighted by atomic mass is 10.1. The van der Waals surface area contributed by atoms with Crippen molar-refractivity contribution >= 4 is 5.91 Å². The van der Waals surface area contributed by atoms with E-state index in [0.29, 0.717) is 41.5 Å². The van der Waals surface area contributed by atoms with Crippen LogP contribution in [-0.4, -0.2) is 41.4 Å². The molecule has 0 aliphatic carbocycles. The third kappa shape index (κ3) is 4.15. The van der Waals surface area contributed by atoms with E-state index in [0.717, 1.165) is 11.3 Å². The molecule has 30 heavy (non-hydrogen) atoms. The van der Waals surface area contributed by atoms with Crippen LogP contribution in [0, 0.1) is 19.7 Å². The molecule has 3 aromatic rings. The number of hydrogen-bond acceptors (Lipinski definition) is 4. The third-order valence-electron chi connectivity index (χ3n) is 5.07. The highest BCUT2D eigenvalue weighted by atomic mass is 19.1. The number of amides is 1. The zero-order valence-electron chi connectivity index (χ0n) is 17.9. The molecule has 0 radical (unpaired) electrons. The number of ether oxygens (including phenoxy) is 2. The topological polar surface area (TPSA) is 56.6 Å². The first-order valence-electron chi connectivity index (χ1n) is 9.71. The van der Waals surface area contributed by atoms with Crippen LogP contribution in [0.3, 0.4) is 0 Å². The number of carbonyl (C=O) groups is 1. The number of aromatic nitrogens is 2. The first kappa shape index (κ1) is 21.4. The van der Waals surface area contributed by atoms with Gasteiger partial charge >= 0.3 is 0 Å². The number of halogens is 1. The fourth-order valence-electron chi connectivity index (χ4n) is 3.47. The van der Waals surface area contributed by atoms with Crippen molar-refractivity contribution in [3.63, 3.8) is 0 Å². The van der Waals surface area contributed by atoms with Gasteiger partial charge in [-0.1, -0.05) is 6.07 Å². The maximum atomic E-state index is 13.4. The molecular formula is C23H26FN3O3. The normalized spacial score (nSPS) is 10.7. The monoisotopic (exact) mass is 411 g/mol. The second kappa shape index (κ2) is 8.98. The number of benzene rings is 2. The average Bonchev–Trinajstić information content (AvgIpc) is 3.05. The van der Waals surface area contributed by atoms with Crippen molar-refractivity contribution in [2.45, 2.75) is 27.3 Å². The Morgan fingerprint density at radius 2 is 1.73 bits per heavy atom. The summed E-state index contributed by atoms with van der Waals surface area (Å²) >= 11 is 0. The minimum absolute atomic E-state index is 0.101. The molecule has 0 aliphatic heterocycles. The number of carbonyl (C=O) groups excluding carboxylic acids is 1. The lowest BCUT2D eigenvalue weighted by molar-refractivity contribution is 0.0751. The first-order chi connectivity index (χ1) is 14.4. The lowest BCUT2D eigenvalue weighted by Crippen LogP contribution is -2.31. The van der Waals surface area contributed by atoms with E-state index < -0.39 is 0 Å². The summed E-state index contributed by atoms with van der Waals surface area (Å²) in [5, 5.41) is 4.52. The number of rotatable bonds is 7. The Labute approximate surface area is 175 Å². The van der Waals surface area contributed by atoms with E-state index >= 15 is 0 Å². The summed E-state index contributed by atoms with van der Waals surface area (Å²) < 4.78 is 25.6. The van der Waals surface area contributed by atoms with Gasteiger partial charge in [0.2, 0.25) is 0 Å². The molecule has 0 atom stereocenters. The highest BCUT2D eigenvalue weighted by Crippen LogP contribution is 2.28. The largest absolute Gasteiger partial charge is 0.493 e. The molecule has 0 aliphatic rings. The minimum atomic E-state index is -0.316. The van der Waals surface area contributed by atoms with Crippen molar-refractivity contribution < 1.29 is 18.7 Å². The maximum absolute atomic E-state index is 13.4. The van der Waals surface area contributed by atoms with E-state index in [4.69, 9.17) is 9.47 Å². The molecule has 0 bridgehead atoms. The first-order valence-corrected chi connectivity index (χ1v) is 9.71. The van der Waals surface area contributed by atoms with Crippen LogP contribution in [0.4, 0.5) is 4.39 Å².